The molecule has 0 spiro atoms. The van der Waals surface area contributed by atoms with Crippen molar-refractivity contribution in [3.05, 3.63) is 76.2 Å². The highest BCUT2D eigenvalue weighted by Gasteiger charge is 2.16. The van der Waals surface area contributed by atoms with Gasteiger partial charge in [0.2, 0.25) is 0 Å². The maximum atomic E-state index is 12.4. The third-order valence-corrected chi connectivity index (χ3v) is 4.16. The number of methoxy groups -OCH3 is 2. The van der Waals surface area contributed by atoms with Gasteiger partial charge >= 0.3 is 5.63 Å². The van der Waals surface area contributed by atoms with E-state index < -0.39 is 23.6 Å². The van der Waals surface area contributed by atoms with Crippen LogP contribution in [0.5, 0.6) is 11.5 Å². The van der Waals surface area contributed by atoms with Crippen molar-refractivity contribution in [1.82, 2.24) is 0 Å². The molecule has 0 bridgehead atoms. The molecule has 142 valence electrons. The maximum Gasteiger partial charge on any atom is 0.347 e. The first-order valence-corrected chi connectivity index (χ1v) is 8.50. The zero-order chi connectivity index (χ0) is 20.1. The highest BCUT2D eigenvalue weighted by atomic mass is 16.5. The quantitative estimate of drug-likeness (QED) is 0.270. The van der Waals surface area contributed by atoms with E-state index in [2.05, 4.69) is 0 Å². The zero-order valence-corrected chi connectivity index (χ0v) is 15.4. The summed E-state index contributed by atoms with van der Waals surface area (Å²) in [5.74, 6) is 0.249. The summed E-state index contributed by atoms with van der Waals surface area (Å²) < 4.78 is 15.3. The molecule has 0 atom stereocenters. The van der Waals surface area contributed by atoms with Crippen molar-refractivity contribution in [3.63, 3.8) is 0 Å². The first kappa shape index (κ1) is 19.1. The van der Waals surface area contributed by atoms with E-state index in [9.17, 15) is 14.4 Å². The lowest BCUT2D eigenvalue weighted by Gasteiger charge is -2.03. The zero-order valence-electron chi connectivity index (χ0n) is 15.4. The van der Waals surface area contributed by atoms with Crippen molar-refractivity contribution in [2.75, 3.05) is 14.2 Å². The summed E-state index contributed by atoms with van der Waals surface area (Å²) in [7, 11) is 3.07. The number of allylic oxidation sites excluding steroid dienone is 1. The number of carbonyl (C=O) groups is 2. The number of Topliss-reactive ketones (excluding diaryl/α,β-unsaturated/α-hetero) is 1. The molecule has 0 radical (unpaired) electrons. The lowest BCUT2D eigenvalue weighted by atomic mass is 10.1. The van der Waals surface area contributed by atoms with Crippen LogP contribution < -0.4 is 15.1 Å². The van der Waals surface area contributed by atoms with Crippen LogP contribution in [0.1, 0.15) is 22.3 Å². The molecule has 0 aliphatic rings. The van der Waals surface area contributed by atoms with Crippen LogP contribution in [0, 0.1) is 0 Å². The van der Waals surface area contributed by atoms with E-state index in [0.717, 1.165) is 5.56 Å². The summed E-state index contributed by atoms with van der Waals surface area (Å²) in [6, 6.07) is 13.5. The number of fused-ring (bicyclic) bond motifs is 1. The van der Waals surface area contributed by atoms with Crippen LogP contribution in [-0.2, 0) is 4.79 Å². The predicted molar refractivity (Wildman–Crippen MR) is 105 cm³/mol. The molecule has 1 heterocycles. The van der Waals surface area contributed by atoms with E-state index in [1.807, 2.05) is 0 Å². The monoisotopic (exact) mass is 378 g/mol. The Hall–Kier alpha value is -3.67. The summed E-state index contributed by atoms with van der Waals surface area (Å²) in [6.45, 7) is 0. The van der Waals surface area contributed by atoms with Crippen molar-refractivity contribution < 1.29 is 23.5 Å². The van der Waals surface area contributed by atoms with Gasteiger partial charge in [-0.3, -0.25) is 9.59 Å². The van der Waals surface area contributed by atoms with Gasteiger partial charge in [0.15, 0.2) is 11.6 Å². The first-order chi connectivity index (χ1) is 13.5. The number of ketones is 2. The lowest BCUT2D eigenvalue weighted by Crippen LogP contribution is -2.16. The summed E-state index contributed by atoms with van der Waals surface area (Å²) in [5, 5.41) is 0.574. The molecule has 3 rings (SSSR count). The molecule has 28 heavy (non-hydrogen) atoms. The molecule has 2 aromatic carbocycles. The third-order valence-electron chi connectivity index (χ3n) is 4.16. The number of ether oxygens (including phenoxy) is 2. The third kappa shape index (κ3) is 4.35. The molecular weight excluding hydrogens is 360 g/mol. The van der Waals surface area contributed by atoms with Crippen molar-refractivity contribution in [1.29, 1.82) is 0 Å². The van der Waals surface area contributed by atoms with Gasteiger partial charge in [0.1, 0.15) is 22.6 Å². The molecule has 6 nitrogen and oxygen atoms in total. The number of carbonyl (C=O) groups excluding carboxylic acids is 2. The van der Waals surface area contributed by atoms with Crippen LogP contribution in [0.2, 0.25) is 0 Å². The Kier molecular flexibility index (Phi) is 5.69. The van der Waals surface area contributed by atoms with Crippen LogP contribution in [0.15, 0.2) is 63.8 Å². The van der Waals surface area contributed by atoms with Gasteiger partial charge in [-0.15, -0.1) is 0 Å². The Morgan fingerprint density at radius 2 is 1.64 bits per heavy atom. The largest absolute Gasteiger partial charge is 0.497 e. The molecule has 0 N–H and O–H groups in total. The number of benzene rings is 2. The average Bonchev–Trinajstić information content (AvgIpc) is 2.71. The molecule has 0 saturated carbocycles. The second-order valence-corrected chi connectivity index (χ2v) is 6.02. The van der Waals surface area contributed by atoms with E-state index in [0.29, 0.717) is 22.5 Å². The molecule has 0 unspecified atom stereocenters. The Morgan fingerprint density at radius 1 is 0.964 bits per heavy atom. The van der Waals surface area contributed by atoms with Crippen molar-refractivity contribution in [2.45, 2.75) is 6.42 Å². The van der Waals surface area contributed by atoms with Gasteiger partial charge in [0, 0.05) is 11.5 Å². The van der Waals surface area contributed by atoms with Crippen LogP contribution in [-0.4, -0.2) is 25.8 Å². The van der Waals surface area contributed by atoms with Gasteiger partial charge in [0.25, 0.3) is 0 Å². The molecule has 0 saturated heterocycles. The Morgan fingerprint density at radius 3 is 2.32 bits per heavy atom. The minimum atomic E-state index is -0.780. The van der Waals surface area contributed by atoms with E-state index in [4.69, 9.17) is 13.9 Å². The summed E-state index contributed by atoms with van der Waals surface area (Å²) in [4.78, 5) is 36.6. The van der Waals surface area contributed by atoms with Crippen LogP contribution >= 0.6 is 0 Å². The Balaban J connectivity index is 1.74. The van der Waals surface area contributed by atoms with Crippen LogP contribution in [0.3, 0.4) is 0 Å². The van der Waals surface area contributed by atoms with Gasteiger partial charge in [-0.05, 0) is 42.0 Å². The van der Waals surface area contributed by atoms with Gasteiger partial charge in [-0.2, -0.15) is 0 Å². The van der Waals surface area contributed by atoms with Crippen LogP contribution in [0.4, 0.5) is 0 Å². The highest BCUT2D eigenvalue weighted by Crippen LogP contribution is 2.20. The topological polar surface area (TPSA) is 82.8 Å². The van der Waals surface area contributed by atoms with Gasteiger partial charge in [-0.1, -0.05) is 18.2 Å². The van der Waals surface area contributed by atoms with E-state index in [1.165, 1.54) is 19.3 Å². The molecule has 3 aromatic rings. The summed E-state index contributed by atoms with van der Waals surface area (Å²) in [6.07, 6.45) is 2.50. The second-order valence-electron chi connectivity index (χ2n) is 6.02. The molecule has 6 heteroatoms. The van der Waals surface area contributed by atoms with E-state index in [1.54, 1.807) is 55.7 Å². The number of hydrogen-bond acceptors (Lipinski definition) is 6. The molecule has 0 amide bonds. The SMILES string of the molecule is COc1ccc(/C=C/C(=O)CC(=O)c2cc3ccc(OC)cc3oc2=O)cc1. The highest BCUT2D eigenvalue weighted by molar-refractivity contribution is 6.12. The number of hydrogen-bond donors (Lipinski definition) is 0. The first-order valence-electron chi connectivity index (χ1n) is 8.50. The molecule has 0 aliphatic heterocycles. The van der Waals surface area contributed by atoms with E-state index >= 15 is 0 Å². The molecule has 0 aliphatic carbocycles. The van der Waals surface area contributed by atoms with Gasteiger partial charge in [-0.25, -0.2) is 4.79 Å². The summed E-state index contributed by atoms with van der Waals surface area (Å²) in [5.41, 5.74) is 0.175. The van der Waals surface area contributed by atoms with Crippen LogP contribution in [0.25, 0.3) is 17.0 Å². The fraction of sp³-hybridized carbons (Fsp3) is 0.136. The van der Waals surface area contributed by atoms with E-state index in [-0.39, 0.29) is 5.56 Å². The Bertz CT molecular complexity index is 1110. The standard InChI is InChI=1S/C22H18O6/c1-26-17-8-4-14(5-9-17)3-7-16(23)12-20(24)19-11-15-6-10-18(27-2)13-21(15)28-22(19)25/h3-11,13H,12H2,1-2H3/b7-3+. The van der Waals surface area contributed by atoms with Gasteiger partial charge < -0.3 is 13.9 Å². The second kappa shape index (κ2) is 8.35. The predicted octanol–water partition coefficient (Wildman–Crippen LogP) is 3.67. The number of rotatable bonds is 7. The molecular formula is C22H18O6. The average molecular weight is 378 g/mol. The minimum absolute atomic E-state index is 0.149. The lowest BCUT2D eigenvalue weighted by molar-refractivity contribution is -0.113. The molecule has 1 aromatic heterocycles. The van der Waals surface area contributed by atoms with Gasteiger partial charge in [0.05, 0.1) is 20.6 Å². The smallest absolute Gasteiger partial charge is 0.347 e. The van der Waals surface area contributed by atoms with Crippen molar-refractivity contribution in [3.8, 4) is 11.5 Å². The fourth-order valence-electron chi connectivity index (χ4n) is 2.63. The van der Waals surface area contributed by atoms with Crippen molar-refractivity contribution in [2.24, 2.45) is 0 Å². The summed E-state index contributed by atoms with van der Waals surface area (Å²) >= 11 is 0. The minimum Gasteiger partial charge on any atom is -0.497 e. The maximum absolute atomic E-state index is 12.4. The van der Waals surface area contributed by atoms with Crippen molar-refractivity contribution >= 4 is 28.6 Å². The Labute approximate surface area is 161 Å². The fourth-order valence-corrected chi connectivity index (χ4v) is 2.63. The normalized spacial score (nSPS) is 10.9. The molecule has 0 fully saturated rings.